The lowest BCUT2D eigenvalue weighted by atomic mass is 10.1. The van der Waals surface area contributed by atoms with Gasteiger partial charge in [0.15, 0.2) is 5.13 Å². The second kappa shape index (κ2) is 10.5. The molecule has 38 heavy (non-hydrogen) atoms. The highest BCUT2D eigenvalue weighted by molar-refractivity contribution is 7.17. The maximum absolute atomic E-state index is 12.8. The van der Waals surface area contributed by atoms with Crippen LogP contribution >= 0.6 is 11.3 Å². The summed E-state index contributed by atoms with van der Waals surface area (Å²) in [5, 5.41) is 18.7. The number of hydrogen-bond acceptors (Lipinski definition) is 7. The minimum Gasteiger partial charge on any atom is -0.508 e. The van der Waals surface area contributed by atoms with E-state index in [1.54, 1.807) is 38.1 Å². The summed E-state index contributed by atoms with van der Waals surface area (Å²) in [5.74, 6) is -0.394. The molecule has 0 aliphatic carbocycles. The fourth-order valence-corrected chi connectivity index (χ4v) is 4.18. The van der Waals surface area contributed by atoms with Crippen molar-refractivity contribution in [3.05, 3.63) is 87.4 Å². The van der Waals surface area contributed by atoms with Gasteiger partial charge in [0.25, 0.3) is 11.8 Å². The Labute approximate surface area is 219 Å². The van der Waals surface area contributed by atoms with Gasteiger partial charge in [-0.05, 0) is 68.3 Å². The van der Waals surface area contributed by atoms with E-state index in [0.29, 0.717) is 27.1 Å². The number of hydrogen-bond donors (Lipinski definition) is 4. The second-order valence-electron chi connectivity index (χ2n) is 8.40. The van der Waals surface area contributed by atoms with Crippen LogP contribution in [-0.2, 0) is 6.18 Å². The third-order valence-electron chi connectivity index (χ3n) is 5.65. The van der Waals surface area contributed by atoms with E-state index in [1.165, 1.54) is 6.20 Å². The fraction of sp³-hybridized carbons (Fsp3) is 0.154. The van der Waals surface area contributed by atoms with Crippen molar-refractivity contribution >= 4 is 45.6 Å². The molecule has 8 nitrogen and oxygen atoms in total. The summed E-state index contributed by atoms with van der Waals surface area (Å²) in [5.41, 5.74) is 1.79. The van der Waals surface area contributed by atoms with Crippen LogP contribution in [0.1, 0.15) is 42.3 Å². The van der Waals surface area contributed by atoms with Gasteiger partial charge in [0.2, 0.25) is 0 Å². The Morgan fingerprint density at radius 2 is 1.58 bits per heavy atom. The van der Waals surface area contributed by atoms with Crippen molar-refractivity contribution in [2.75, 3.05) is 16.0 Å². The first-order valence-corrected chi connectivity index (χ1v) is 12.0. The molecule has 2 amide bonds. The molecule has 196 valence electrons. The highest BCUT2D eigenvalue weighted by Crippen LogP contribution is 2.31. The van der Waals surface area contributed by atoms with E-state index in [-0.39, 0.29) is 17.1 Å². The van der Waals surface area contributed by atoms with Crippen LogP contribution in [0.3, 0.4) is 0 Å². The molecule has 0 spiro atoms. The number of pyridine rings is 1. The van der Waals surface area contributed by atoms with Crippen molar-refractivity contribution in [3.8, 4) is 5.75 Å². The first-order valence-electron chi connectivity index (χ1n) is 11.2. The van der Waals surface area contributed by atoms with E-state index >= 15 is 0 Å². The second-order valence-corrected chi connectivity index (χ2v) is 9.43. The number of carbonyl (C=O) groups excluding carboxylic acids is 2. The third kappa shape index (κ3) is 5.92. The van der Waals surface area contributed by atoms with Gasteiger partial charge in [-0.3, -0.25) is 9.59 Å². The molecule has 4 N–H and O–H groups in total. The average Bonchev–Trinajstić information content (AvgIpc) is 3.34. The molecule has 0 fully saturated rings. The molecule has 0 bridgehead atoms. The number of halogens is 3. The Morgan fingerprint density at radius 3 is 2.26 bits per heavy atom. The fourth-order valence-electron chi connectivity index (χ4n) is 3.47. The molecule has 4 rings (SSSR count). The Bertz CT molecular complexity index is 1520. The molecule has 0 unspecified atom stereocenters. The van der Waals surface area contributed by atoms with Crippen molar-refractivity contribution in [3.63, 3.8) is 0 Å². The van der Waals surface area contributed by atoms with Gasteiger partial charge in [-0.1, -0.05) is 23.5 Å². The van der Waals surface area contributed by atoms with Crippen molar-refractivity contribution < 1.29 is 27.9 Å². The predicted molar refractivity (Wildman–Crippen MR) is 139 cm³/mol. The number of amides is 2. The highest BCUT2D eigenvalue weighted by atomic mass is 32.1. The number of aromatic nitrogens is 2. The van der Waals surface area contributed by atoms with Crippen LogP contribution in [0.25, 0.3) is 0 Å². The molecule has 4 aromatic rings. The summed E-state index contributed by atoms with van der Waals surface area (Å²) >= 11 is 1.08. The SMILES string of the molecule is Cc1ccc(NC(=O)c2ccc(C(F)(F)F)cc2)nc1Nc1ncc(C(=O)Nc2c(C)ccc(O)c2C)s1. The monoisotopic (exact) mass is 541 g/mol. The molecule has 0 aliphatic heterocycles. The quantitative estimate of drug-likeness (QED) is 0.223. The average molecular weight is 542 g/mol. The molecule has 0 radical (unpaired) electrons. The van der Waals surface area contributed by atoms with Crippen LogP contribution in [-0.4, -0.2) is 26.9 Å². The molecule has 12 heteroatoms. The minimum atomic E-state index is -4.49. The number of nitrogens with zero attached hydrogens (tertiary/aromatic N) is 2. The molecule has 2 heterocycles. The van der Waals surface area contributed by atoms with Crippen LogP contribution in [0.5, 0.6) is 5.75 Å². The Hall–Kier alpha value is -4.45. The van der Waals surface area contributed by atoms with Crippen LogP contribution in [0.2, 0.25) is 0 Å². The zero-order valence-electron chi connectivity index (χ0n) is 20.4. The van der Waals surface area contributed by atoms with E-state index in [0.717, 1.165) is 46.7 Å². The van der Waals surface area contributed by atoms with Gasteiger partial charge in [-0.15, -0.1) is 0 Å². The Kier molecular flexibility index (Phi) is 7.35. The van der Waals surface area contributed by atoms with E-state index in [1.807, 2.05) is 6.92 Å². The van der Waals surface area contributed by atoms with Crippen LogP contribution in [0, 0.1) is 20.8 Å². The zero-order chi connectivity index (χ0) is 27.6. The molecule has 0 atom stereocenters. The van der Waals surface area contributed by atoms with Gasteiger partial charge in [0, 0.05) is 11.1 Å². The number of alkyl halides is 3. The van der Waals surface area contributed by atoms with E-state index < -0.39 is 23.6 Å². The van der Waals surface area contributed by atoms with E-state index in [9.17, 15) is 27.9 Å². The summed E-state index contributed by atoms with van der Waals surface area (Å²) in [6.07, 6.45) is -3.09. The summed E-state index contributed by atoms with van der Waals surface area (Å²) in [6.45, 7) is 5.31. The lowest BCUT2D eigenvalue weighted by Crippen LogP contribution is -2.14. The van der Waals surface area contributed by atoms with Gasteiger partial charge in [0.1, 0.15) is 22.3 Å². The topological polar surface area (TPSA) is 116 Å². The van der Waals surface area contributed by atoms with Crippen LogP contribution < -0.4 is 16.0 Å². The summed E-state index contributed by atoms with van der Waals surface area (Å²) in [6, 6.07) is 10.4. The molecular formula is C26H22F3N5O3S. The zero-order valence-corrected chi connectivity index (χ0v) is 21.2. The molecule has 2 aromatic heterocycles. The van der Waals surface area contributed by atoms with E-state index in [4.69, 9.17) is 0 Å². The predicted octanol–water partition coefficient (Wildman–Crippen LogP) is 6.44. The molecule has 0 saturated heterocycles. The molecule has 2 aromatic carbocycles. The highest BCUT2D eigenvalue weighted by Gasteiger charge is 2.30. The van der Waals surface area contributed by atoms with Crippen molar-refractivity contribution in [2.45, 2.75) is 26.9 Å². The summed E-state index contributed by atoms with van der Waals surface area (Å²) in [7, 11) is 0. The van der Waals surface area contributed by atoms with Gasteiger partial charge < -0.3 is 21.1 Å². The molecule has 0 saturated carbocycles. The number of carbonyl (C=O) groups is 2. The number of thiazole rings is 1. The van der Waals surface area contributed by atoms with Gasteiger partial charge in [-0.2, -0.15) is 13.2 Å². The summed E-state index contributed by atoms with van der Waals surface area (Å²) in [4.78, 5) is 34.2. The number of benzene rings is 2. The number of phenolic OH excluding ortho intramolecular Hbond substituents is 1. The molecule has 0 aliphatic rings. The van der Waals surface area contributed by atoms with Crippen LogP contribution in [0.4, 0.5) is 35.6 Å². The number of aryl methyl sites for hydroxylation is 2. The van der Waals surface area contributed by atoms with Crippen LogP contribution in [0.15, 0.2) is 54.7 Å². The first-order chi connectivity index (χ1) is 17.9. The Balaban J connectivity index is 1.45. The maximum atomic E-state index is 12.8. The van der Waals surface area contributed by atoms with Crippen molar-refractivity contribution in [2.24, 2.45) is 0 Å². The normalized spacial score (nSPS) is 11.2. The number of rotatable bonds is 6. The molecular weight excluding hydrogens is 519 g/mol. The maximum Gasteiger partial charge on any atom is 0.416 e. The lowest BCUT2D eigenvalue weighted by Gasteiger charge is -2.12. The summed E-state index contributed by atoms with van der Waals surface area (Å²) < 4.78 is 38.3. The number of phenols is 1. The van der Waals surface area contributed by atoms with Crippen molar-refractivity contribution in [1.29, 1.82) is 0 Å². The Morgan fingerprint density at radius 1 is 0.895 bits per heavy atom. The number of nitrogens with one attached hydrogen (secondary N) is 3. The van der Waals surface area contributed by atoms with E-state index in [2.05, 4.69) is 25.9 Å². The van der Waals surface area contributed by atoms with Gasteiger partial charge >= 0.3 is 6.18 Å². The van der Waals surface area contributed by atoms with Gasteiger partial charge in [-0.25, -0.2) is 9.97 Å². The standard InChI is InChI=1S/C26H22F3N5O3S/c1-13-4-10-18(35)15(3)21(13)33-24(37)19-12-30-25(38-19)34-22-14(2)5-11-20(31-22)32-23(36)16-6-8-17(9-7-16)26(27,28)29/h4-12,35H,1-3H3,(H,33,37)(H2,30,31,32,34,36). The third-order valence-corrected chi connectivity index (χ3v) is 6.56. The number of aromatic hydroxyl groups is 1. The smallest absolute Gasteiger partial charge is 0.416 e. The lowest BCUT2D eigenvalue weighted by molar-refractivity contribution is -0.137. The number of anilines is 4. The first kappa shape index (κ1) is 26.6. The van der Waals surface area contributed by atoms with Gasteiger partial charge in [0.05, 0.1) is 17.4 Å². The largest absolute Gasteiger partial charge is 0.508 e. The minimum absolute atomic E-state index is 0.0441. The van der Waals surface area contributed by atoms with Crippen molar-refractivity contribution in [1.82, 2.24) is 9.97 Å².